The molecule has 0 unspecified atom stereocenters. The van der Waals surface area contributed by atoms with Gasteiger partial charge in [0.05, 0.1) is 13.2 Å². The van der Waals surface area contributed by atoms with Crippen molar-refractivity contribution in [2.24, 2.45) is 0 Å². The second-order valence-corrected chi connectivity index (χ2v) is 4.19. The van der Waals surface area contributed by atoms with E-state index >= 15 is 0 Å². The number of rotatable bonds is 4. The van der Waals surface area contributed by atoms with Crippen molar-refractivity contribution in [3.8, 4) is 0 Å². The third-order valence-electron chi connectivity index (χ3n) is 2.53. The standard InChI is InChI=1S/C14H14ClNO/c15-13-7-3-1-5-11(13)9-17-10-12-6-2-4-8-14(12)16/h1-8H,9-10,16H2. The summed E-state index contributed by atoms with van der Waals surface area (Å²) in [6, 6.07) is 15.4. The molecule has 0 amide bonds. The molecule has 0 atom stereocenters. The van der Waals surface area contributed by atoms with Crippen LogP contribution in [0.1, 0.15) is 11.1 Å². The van der Waals surface area contributed by atoms with Crippen molar-refractivity contribution in [2.45, 2.75) is 13.2 Å². The van der Waals surface area contributed by atoms with E-state index in [1.807, 2.05) is 48.5 Å². The summed E-state index contributed by atoms with van der Waals surface area (Å²) in [5, 5.41) is 0.730. The van der Waals surface area contributed by atoms with Gasteiger partial charge in [0, 0.05) is 16.3 Å². The van der Waals surface area contributed by atoms with Gasteiger partial charge in [-0.2, -0.15) is 0 Å². The topological polar surface area (TPSA) is 35.2 Å². The van der Waals surface area contributed by atoms with Gasteiger partial charge in [-0.05, 0) is 17.7 Å². The number of anilines is 1. The molecule has 3 heteroatoms. The van der Waals surface area contributed by atoms with E-state index in [1.165, 1.54) is 0 Å². The Morgan fingerprint density at radius 2 is 1.47 bits per heavy atom. The van der Waals surface area contributed by atoms with E-state index < -0.39 is 0 Å². The molecular formula is C14H14ClNO. The quantitative estimate of drug-likeness (QED) is 0.838. The van der Waals surface area contributed by atoms with E-state index in [-0.39, 0.29) is 0 Å². The molecule has 2 N–H and O–H groups in total. The maximum absolute atomic E-state index is 6.03. The lowest BCUT2D eigenvalue weighted by atomic mass is 10.2. The summed E-state index contributed by atoms with van der Waals surface area (Å²) >= 11 is 6.03. The molecule has 0 aliphatic rings. The monoisotopic (exact) mass is 247 g/mol. The van der Waals surface area contributed by atoms with E-state index in [2.05, 4.69) is 0 Å². The molecule has 0 heterocycles. The van der Waals surface area contributed by atoms with Crippen LogP contribution >= 0.6 is 11.6 Å². The number of hydrogen-bond acceptors (Lipinski definition) is 2. The summed E-state index contributed by atoms with van der Waals surface area (Å²) in [4.78, 5) is 0. The fourth-order valence-corrected chi connectivity index (χ4v) is 1.74. The maximum atomic E-state index is 6.03. The van der Waals surface area contributed by atoms with Crippen LogP contribution in [0, 0.1) is 0 Å². The van der Waals surface area contributed by atoms with Gasteiger partial charge in [0.25, 0.3) is 0 Å². The van der Waals surface area contributed by atoms with Crippen LogP contribution in [-0.2, 0) is 18.0 Å². The molecule has 0 aliphatic carbocycles. The molecule has 0 aliphatic heterocycles. The van der Waals surface area contributed by atoms with E-state index in [0.29, 0.717) is 13.2 Å². The molecule has 0 aromatic heterocycles. The highest BCUT2D eigenvalue weighted by Gasteiger charge is 2.01. The first-order valence-electron chi connectivity index (χ1n) is 5.42. The number of nitrogens with two attached hydrogens (primary N) is 1. The van der Waals surface area contributed by atoms with Crippen molar-refractivity contribution >= 4 is 17.3 Å². The first-order valence-corrected chi connectivity index (χ1v) is 5.79. The molecule has 0 saturated carbocycles. The Bertz CT molecular complexity index is 454. The highest BCUT2D eigenvalue weighted by Crippen LogP contribution is 2.17. The molecule has 2 rings (SSSR count). The van der Waals surface area contributed by atoms with Gasteiger partial charge in [-0.3, -0.25) is 0 Å². The predicted molar refractivity (Wildman–Crippen MR) is 70.8 cm³/mol. The lowest BCUT2D eigenvalue weighted by Crippen LogP contribution is -1.98. The maximum Gasteiger partial charge on any atom is 0.0741 e. The largest absolute Gasteiger partial charge is 0.398 e. The van der Waals surface area contributed by atoms with E-state index in [0.717, 1.165) is 21.8 Å². The molecule has 0 bridgehead atoms. The summed E-state index contributed by atoms with van der Waals surface area (Å²) in [6.07, 6.45) is 0. The molecule has 0 saturated heterocycles. The molecule has 2 aromatic rings. The van der Waals surface area contributed by atoms with Crippen LogP contribution in [-0.4, -0.2) is 0 Å². The first kappa shape index (κ1) is 12.0. The SMILES string of the molecule is Nc1ccccc1COCc1ccccc1Cl. The summed E-state index contributed by atoms with van der Waals surface area (Å²) in [5.74, 6) is 0. The van der Waals surface area contributed by atoms with Crippen LogP contribution in [0.5, 0.6) is 0 Å². The molecular weight excluding hydrogens is 234 g/mol. The molecule has 0 spiro atoms. The van der Waals surface area contributed by atoms with Crippen LogP contribution in [0.15, 0.2) is 48.5 Å². The van der Waals surface area contributed by atoms with Crippen molar-refractivity contribution in [3.05, 3.63) is 64.7 Å². The van der Waals surface area contributed by atoms with Crippen molar-refractivity contribution in [2.75, 3.05) is 5.73 Å². The van der Waals surface area contributed by atoms with Gasteiger partial charge in [-0.15, -0.1) is 0 Å². The summed E-state index contributed by atoms with van der Waals surface area (Å²) in [6.45, 7) is 0.992. The molecule has 2 aromatic carbocycles. The van der Waals surface area contributed by atoms with Gasteiger partial charge in [-0.1, -0.05) is 48.0 Å². The third-order valence-corrected chi connectivity index (χ3v) is 2.90. The fourth-order valence-electron chi connectivity index (χ4n) is 1.55. The predicted octanol–water partition coefficient (Wildman–Crippen LogP) is 3.64. The molecule has 0 fully saturated rings. The first-order chi connectivity index (χ1) is 8.27. The summed E-state index contributed by atoms with van der Waals surface area (Å²) in [7, 11) is 0. The number of nitrogen functional groups attached to an aromatic ring is 1. The van der Waals surface area contributed by atoms with Gasteiger partial charge in [-0.25, -0.2) is 0 Å². The highest BCUT2D eigenvalue weighted by molar-refractivity contribution is 6.31. The van der Waals surface area contributed by atoms with Crippen LogP contribution in [0.4, 0.5) is 5.69 Å². The van der Waals surface area contributed by atoms with Crippen LogP contribution < -0.4 is 5.73 Å². The van der Waals surface area contributed by atoms with Gasteiger partial charge < -0.3 is 10.5 Å². The van der Waals surface area contributed by atoms with E-state index in [9.17, 15) is 0 Å². The number of ether oxygens (including phenoxy) is 1. The minimum atomic E-state index is 0.494. The van der Waals surface area contributed by atoms with Crippen molar-refractivity contribution < 1.29 is 4.74 Å². The Kier molecular flexibility index (Phi) is 4.02. The summed E-state index contributed by atoms with van der Waals surface area (Å²) in [5.41, 5.74) is 8.57. The Hall–Kier alpha value is -1.51. The zero-order valence-corrected chi connectivity index (χ0v) is 10.2. The Balaban J connectivity index is 1.93. The second kappa shape index (κ2) is 5.71. The average Bonchev–Trinajstić information content (AvgIpc) is 2.34. The number of para-hydroxylation sites is 1. The molecule has 88 valence electrons. The Morgan fingerprint density at radius 3 is 2.18 bits per heavy atom. The third kappa shape index (κ3) is 3.22. The van der Waals surface area contributed by atoms with Gasteiger partial charge in [0.1, 0.15) is 0 Å². The number of halogens is 1. The van der Waals surface area contributed by atoms with Crippen LogP contribution in [0.3, 0.4) is 0 Å². The average molecular weight is 248 g/mol. The minimum Gasteiger partial charge on any atom is -0.398 e. The number of benzene rings is 2. The molecule has 2 nitrogen and oxygen atoms in total. The molecule has 0 radical (unpaired) electrons. The van der Waals surface area contributed by atoms with Gasteiger partial charge >= 0.3 is 0 Å². The zero-order chi connectivity index (χ0) is 12.1. The van der Waals surface area contributed by atoms with E-state index in [1.54, 1.807) is 0 Å². The van der Waals surface area contributed by atoms with Crippen LogP contribution in [0.2, 0.25) is 5.02 Å². The van der Waals surface area contributed by atoms with Gasteiger partial charge in [0.15, 0.2) is 0 Å². The van der Waals surface area contributed by atoms with Crippen molar-refractivity contribution in [1.82, 2.24) is 0 Å². The summed E-state index contributed by atoms with van der Waals surface area (Å²) < 4.78 is 5.60. The Morgan fingerprint density at radius 1 is 0.882 bits per heavy atom. The van der Waals surface area contributed by atoms with E-state index in [4.69, 9.17) is 22.1 Å². The Labute approximate surface area is 106 Å². The minimum absolute atomic E-state index is 0.494. The van der Waals surface area contributed by atoms with Crippen LogP contribution in [0.25, 0.3) is 0 Å². The smallest absolute Gasteiger partial charge is 0.0741 e. The second-order valence-electron chi connectivity index (χ2n) is 3.78. The highest BCUT2D eigenvalue weighted by atomic mass is 35.5. The zero-order valence-electron chi connectivity index (χ0n) is 9.40. The number of hydrogen-bond donors (Lipinski definition) is 1. The van der Waals surface area contributed by atoms with Crippen molar-refractivity contribution in [3.63, 3.8) is 0 Å². The fraction of sp³-hybridized carbons (Fsp3) is 0.143. The van der Waals surface area contributed by atoms with Crippen molar-refractivity contribution in [1.29, 1.82) is 0 Å². The lowest BCUT2D eigenvalue weighted by molar-refractivity contribution is 0.107. The van der Waals surface area contributed by atoms with Gasteiger partial charge in [0.2, 0.25) is 0 Å². The molecule has 17 heavy (non-hydrogen) atoms. The lowest BCUT2D eigenvalue weighted by Gasteiger charge is -2.08. The normalized spacial score (nSPS) is 10.4.